The van der Waals surface area contributed by atoms with E-state index in [1.165, 1.54) is 0 Å². The Hall–Kier alpha value is -1.69. The second kappa shape index (κ2) is 4.22. The Labute approximate surface area is 87.1 Å². The molecule has 80 valence electrons. The molecule has 0 saturated heterocycles. The normalized spacial score (nSPS) is 12.9. The summed E-state index contributed by atoms with van der Waals surface area (Å²) in [7, 11) is 1.90. The Bertz CT molecular complexity index is 408. The molecule has 0 aliphatic heterocycles. The Balaban J connectivity index is 2.11. The minimum atomic E-state index is 0.315. The molecule has 6 heteroatoms. The molecule has 0 aromatic carbocycles. The SMILES string of the molecule is CNC(C)Cc1nc(-c2ncc[nH]2)no1. The maximum atomic E-state index is 5.10. The molecule has 2 aromatic rings. The number of aromatic amines is 1. The molecule has 2 rings (SSSR count). The van der Waals surface area contributed by atoms with Crippen LogP contribution in [0.15, 0.2) is 16.9 Å². The quantitative estimate of drug-likeness (QED) is 0.767. The summed E-state index contributed by atoms with van der Waals surface area (Å²) in [6.07, 6.45) is 4.09. The minimum absolute atomic E-state index is 0.315. The summed E-state index contributed by atoms with van der Waals surface area (Å²) >= 11 is 0. The fourth-order valence-electron chi connectivity index (χ4n) is 1.19. The van der Waals surface area contributed by atoms with E-state index in [0.717, 1.165) is 0 Å². The van der Waals surface area contributed by atoms with Crippen LogP contribution in [0.3, 0.4) is 0 Å². The van der Waals surface area contributed by atoms with Crippen LogP contribution in [0.1, 0.15) is 12.8 Å². The average Bonchev–Trinajstić information content (AvgIpc) is 2.85. The number of aromatic nitrogens is 4. The number of likely N-dealkylation sites (N-methyl/N-ethyl adjacent to an activating group) is 1. The van der Waals surface area contributed by atoms with Crippen LogP contribution < -0.4 is 5.32 Å². The largest absolute Gasteiger partial charge is 0.342 e. The van der Waals surface area contributed by atoms with Crippen molar-refractivity contribution in [2.45, 2.75) is 19.4 Å². The zero-order chi connectivity index (χ0) is 10.7. The van der Waals surface area contributed by atoms with Crippen LogP contribution >= 0.6 is 0 Å². The number of hydrogen-bond donors (Lipinski definition) is 2. The van der Waals surface area contributed by atoms with Gasteiger partial charge in [-0.15, -0.1) is 0 Å². The topological polar surface area (TPSA) is 79.6 Å². The van der Waals surface area contributed by atoms with Gasteiger partial charge in [-0.1, -0.05) is 5.16 Å². The number of hydrogen-bond acceptors (Lipinski definition) is 5. The number of nitrogens with one attached hydrogen (secondary N) is 2. The van der Waals surface area contributed by atoms with E-state index in [1.807, 2.05) is 7.05 Å². The van der Waals surface area contributed by atoms with E-state index in [1.54, 1.807) is 12.4 Å². The first-order valence-electron chi connectivity index (χ1n) is 4.79. The number of rotatable bonds is 4. The first-order chi connectivity index (χ1) is 7.29. The lowest BCUT2D eigenvalue weighted by atomic mass is 10.2. The Morgan fingerprint density at radius 1 is 1.60 bits per heavy atom. The summed E-state index contributed by atoms with van der Waals surface area (Å²) in [4.78, 5) is 11.2. The summed E-state index contributed by atoms with van der Waals surface area (Å²) < 4.78 is 5.10. The highest BCUT2D eigenvalue weighted by Gasteiger charge is 2.11. The van der Waals surface area contributed by atoms with Crippen LogP contribution in [0, 0.1) is 0 Å². The van der Waals surface area contributed by atoms with Crippen LogP contribution in [0.4, 0.5) is 0 Å². The fraction of sp³-hybridized carbons (Fsp3) is 0.444. The summed E-state index contributed by atoms with van der Waals surface area (Å²) in [6.45, 7) is 2.05. The smallest absolute Gasteiger partial charge is 0.238 e. The van der Waals surface area contributed by atoms with Crippen LogP contribution in [-0.4, -0.2) is 33.2 Å². The highest BCUT2D eigenvalue weighted by atomic mass is 16.5. The van der Waals surface area contributed by atoms with Crippen molar-refractivity contribution in [1.82, 2.24) is 25.4 Å². The molecular formula is C9H13N5O. The maximum absolute atomic E-state index is 5.10. The van der Waals surface area contributed by atoms with Crippen LogP contribution in [0.5, 0.6) is 0 Å². The van der Waals surface area contributed by atoms with Crippen molar-refractivity contribution in [2.75, 3.05) is 7.05 Å². The molecule has 15 heavy (non-hydrogen) atoms. The minimum Gasteiger partial charge on any atom is -0.342 e. The van der Waals surface area contributed by atoms with E-state index in [9.17, 15) is 0 Å². The monoisotopic (exact) mass is 207 g/mol. The molecule has 2 heterocycles. The Morgan fingerprint density at radius 3 is 3.13 bits per heavy atom. The molecule has 0 radical (unpaired) electrons. The van der Waals surface area contributed by atoms with Gasteiger partial charge < -0.3 is 14.8 Å². The van der Waals surface area contributed by atoms with Crippen LogP contribution in [-0.2, 0) is 6.42 Å². The summed E-state index contributed by atoms with van der Waals surface area (Å²) in [5, 5.41) is 6.94. The summed E-state index contributed by atoms with van der Waals surface area (Å²) in [6, 6.07) is 0.315. The van der Waals surface area contributed by atoms with Gasteiger partial charge in [0.05, 0.1) is 0 Å². The number of nitrogens with zero attached hydrogens (tertiary/aromatic N) is 3. The molecule has 2 aromatic heterocycles. The second-order valence-electron chi connectivity index (χ2n) is 3.34. The van der Waals surface area contributed by atoms with Crippen molar-refractivity contribution >= 4 is 0 Å². The molecule has 0 saturated carbocycles. The van der Waals surface area contributed by atoms with Crippen molar-refractivity contribution in [1.29, 1.82) is 0 Å². The molecule has 1 atom stereocenters. The van der Waals surface area contributed by atoms with Gasteiger partial charge in [-0.05, 0) is 14.0 Å². The van der Waals surface area contributed by atoms with E-state index in [-0.39, 0.29) is 0 Å². The van der Waals surface area contributed by atoms with Gasteiger partial charge in [0, 0.05) is 24.9 Å². The van der Waals surface area contributed by atoms with Gasteiger partial charge in [-0.2, -0.15) is 4.98 Å². The van der Waals surface area contributed by atoms with Gasteiger partial charge in [0.1, 0.15) is 0 Å². The molecular weight excluding hydrogens is 194 g/mol. The van der Waals surface area contributed by atoms with Crippen molar-refractivity contribution in [3.8, 4) is 11.6 Å². The first-order valence-corrected chi connectivity index (χ1v) is 4.79. The lowest BCUT2D eigenvalue weighted by Crippen LogP contribution is -2.23. The van der Waals surface area contributed by atoms with E-state index in [0.29, 0.717) is 30.0 Å². The van der Waals surface area contributed by atoms with E-state index >= 15 is 0 Å². The van der Waals surface area contributed by atoms with Crippen molar-refractivity contribution < 1.29 is 4.52 Å². The highest BCUT2D eigenvalue weighted by molar-refractivity contribution is 5.40. The molecule has 0 spiro atoms. The van der Waals surface area contributed by atoms with Gasteiger partial charge in [-0.3, -0.25) is 0 Å². The van der Waals surface area contributed by atoms with Gasteiger partial charge in [0.15, 0.2) is 5.82 Å². The molecule has 1 unspecified atom stereocenters. The molecule has 6 nitrogen and oxygen atoms in total. The average molecular weight is 207 g/mol. The molecule has 0 bridgehead atoms. The lowest BCUT2D eigenvalue weighted by molar-refractivity contribution is 0.365. The lowest BCUT2D eigenvalue weighted by Gasteiger charge is -2.04. The zero-order valence-electron chi connectivity index (χ0n) is 8.69. The fourth-order valence-corrected chi connectivity index (χ4v) is 1.19. The Kier molecular flexibility index (Phi) is 2.77. The third-order valence-corrected chi connectivity index (χ3v) is 2.15. The standard InChI is InChI=1S/C9H13N5O/c1-6(10-2)5-7-13-9(14-15-7)8-11-3-4-12-8/h3-4,6,10H,5H2,1-2H3,(H,11,12). The summed E-state index contributed by atoms with van der Waals surface area (Å²) in [5.74, 6) is 1.74. The first kappa shape index (κ1) is 9.85. The molecule has 0 amide bonds. The maximum Gasteiger partial charge on any atom is 0.238 e. The second-order valence-corrected chi connectivity index (χ2v) is 3.34. The van der Waals surface area contributed by atoms with Crippen molar-refractivity contribution in [2.24, 2.45) is 0 Å². The number of imidazole rings is 1. The van der Waals surface area contributed by atoms with Gasteiger partial charge >= 0.3 is 0 Å². The predicted octanol–water partition coefficient (Wildman–Crippen LogP) is 0.610. The van der Waals surface area contributed by atoms with Crippen molar-refractivity contribution in [3.63, 3.8) is 0 Å². The molecule has 0 aliphatic carbocycles. The van der Waals surface area contributed by atoms with Crippen LogP contribution in [0.25, 0.3) is 11.6 Å². The van der Waals surface area contributed by atoms with E-state index < -0.39 is 0 Å². The third-order valence-electron chi connectivity index (χ3n) is 2.15. The van der Waals surface area contributed by atoms with E-state index in [4.69, 9.17) is 4.52 Å². The zero-order valence-corrected chi connectivity index (χ0v) is 8.69. The van der Waals surface area contributed by atoms with Gasteiger partial charge in [-0.25, -0.2) is 4.98 Å². The third kappa shape index (κ3) is 2.21. The molecule has 2 N–H and O–H groups in total. The van der Waals surface area contributed by atoms with Gasteiger partial charge in [0.2, 0.25) is 11.7 Å². The predicted molar refractivity (Wildman–Crippen MR) is 54.1 cm³/mol. The molecule has 0 aliphatic rings. The number of H-pyrrole nitrogens is 1. The van der Waals surface area contributed by atoms with E-state index in [2.05, 4.69) is 32.3 Å². The molecule has 0 fully saturated rings. The van der Waals surface area contributed by atoms with Gasteiger partial charge in [0.25, 0.3) is 0 Å². The Morgan fingerprint density at radius 2 is 2.47 bits per heavy atom. The van der Waals surface area contributed by atoms with Crippen LogP contribution in [0.2, 0.25) is 0 Å². The highest BCUT2D eigenvalue weighted by Crippen LogP contribution is 2.10. The summed E-state index contributed by atoms with van der Waals surface area (Å²) in [5.41, 5.74) is 0. The van der Waals surface area contributed by atoms with Crippen molar-refractivity contribution in [3.05, 3.63) is 18.3 Å².